The van der Waals surface area contributed by atoms with Crippen molar-refractivity contribution in [2.75, 3.05) is 53.0 Å². The molecule has 0 spiro atoms. The molecule has 0 bridgehead atoms. The van der Waals surface area contributed by atoms with Gasteiger partial charge in [0, 0.05) is 58.7 Å². The quantitative estimate of drug-likeness (QED) is 0.369. The van der Waals surface area contributed by atoms with Crippen molar-refractivity contribution in [1.82, 2.24) is 24.9 Å². The van der Waals surface area contributed by atoms with Crippen LogP contribution in [0.3, 0.4) is 0 Å². The summed E-state index contributed by atoms with van der Waals surface area (Å²) in [6.07, 6.45) is 11.4. The van der Waals surface area contributed by atoms with Crippen molar-refractivity contribution < 1.29 is 4.74 Å². The fourth-order valence-corrected chi connectivity index (χ4v) is 5.23. The minimum Gasteiger partial charge on any atom is -0.381 e. The van der Waals surface area contributed by atoms with Gasteiger partial charge in [-0.1, -0.05) is 0 Å². The molecule has 8 heteroatoms. The van der Waals surface area contributed by atoms with E-state index in [1.54, 1.807) is 0 Å². The molecule has 1 unspecified atom stereocenters. The molecule has 3 saturated heterocycles. The first kappa shape index (κ1) is 22.8. The molecular weight excluding hydrogens is 479 g/mol. The Hall–Kier alpha value is -0.870. The van der Waals surface area contributed by atoms with Crippen LogP contribution in [0, 0.1) is 5.92 Å². The predicted molar refractivity (Wildman–Crippen MR) is 127 cm³/mol. The van der Waals surface area contributed by atoms with Crippen LogP contribution in [0.25, 0.3) is 0 Å². The molecule has 0 amide bonds. The van der Waals surface area contributed by atoms with Crippen molar-refractivity contribution in [2.45, 2.75) is 44.1 Å². The number of nitrogens with one attached hydrogen (secondary N) is 1. The van der Waals surface area contributed by atoms with Crippen LogP contribution in [-0.2, 0) is 18.2 Å². The third-order valence-electron chi connectivity index (χ3n) is 6.86. The molecule has 1 atom stereocenters. The highest BCUT2D eigenvalue weighted by Gasteiger charge is 2.40. The van der Waals surface area contributed by atoms with E-state index in [1.807, 2.05) is 25.0 Å². The van der Waals surface area contributed by atoms with Crippen molar-refractivity contribution in [1.29, 1.82) is 0 Å². The zero-order valence-electron chi connectivity index (χ0n) is 18.0. The van der Waals surface area contributed by atoms with Crippen LogP contribution < -0.4 is 5.32 Å². The van der Waals surface area contributed by atoms with E-state index in [0.29, 0.717) is 5.92 Å². The number of hydrogen-bond acceptors (Lipinski definition) is 4. The maximum Gasteiger partial charge on any atom is 0.193 e. The molecule has 0 saturated carbocycles. The number of halogens is 1. The first-order valence-electron chi connectivity index (χ1n) is 10.9. The highest BCUT2D eigenvalue weighted by atomic mass is 127. The molecule has 1 N–H and O–H groups in total. The normalized spacial score (nSPS) is 25.2. The van der Waals surface area contributed by atoms with Crippen LogP contribution in [0.2, 0.25) is 0 Å². The SMILES string of the molecule is CN=C(NCC1(N2CCCC2)CCOCC1)N1CCC(Cc2cnn(C)c2)C1.I. The van der Waals surface area contributed by atoms with Crippen molar-refractivity contribution >= 4 is 29.9 Å². The molecule has 0 aliphatic carbocycles. The van der Waals surface area contributed by atoms with Crippen molar-refractivity contribution in [3.05, 3.63) is 18.0 Å². The largest absolute Gasteiger partial charge is 0.381 e. The number of aryl methyl sites for hydroxylation is 1. The van der Waals surface area contributed by atoms with Gasteiger partial charge in [0.2, 0.25) is 0 Å². The zero-order chi connectivity index (χ0) is 19.4. The van der Waals surface area contributed by atoms with E-state index < -0.39 is 0 Å². The first-order valence-corrected chi connectivity index (χ1v) is 10.9. The monoisotopic (exact) mass is 516 g/mol. The Morgan fingerprint density at radius 2 is 2.03 bits per heavy atom. The average molecular weight is 516 g/mol. The Balaban J connectivity index is 0.00000240. The molecule has 4 rings (SSSR count). The molecule has 29 heavy (non-hydrogen) atoms. The second-order valence-electron chi connectivity index (χ2n) is 8.76. The topological polar surface area (TPSA) is 57.9 Å². The number of rotatable bonds is 5. The zero-order valence-corrected chi connectivity index (χ0v) is 20.3. The molecule has 3 aliphatic rings. The molecule has 3 fully saturated rings. The van der Waals surface area contributed by atoms with Crippen LogP contribution in [0.1, 0.15) is 37.7 Å². The molecule has 0 aromatic carbocycles. The molecule has 4 heterocycles. The number of aliphatic imine (C=N–C) groups is 1. The molecule has 1 aromatic rings. The van der Waals surface area contributed by atoms with Crippen LogP contribution in [0.5, 0.6) is 0 Å². The van der Waals surface area contributed by atoms with Crippen molar-refractivity contribution in [2.24, 2.45) is 18.0 Å². The van der Waals surface area contributed by atoms with Gasteiger partial charge >= 0.3 is 0 Å². The number of aromatic nitrogens is 2. The minimum absolute atomic E-state index is 0. The lowest BCUT2D eigenvalue weighted by molar-refractivity contribution is -0.0166. The Labute approximate surface area is 192 Å². The fraction of sp³-hybridized carbons (Fsp3) is 0.810. The van der Waals surface area contributed by atoms with Crippen LogP contribution in [0.15, 0.2) is 17.4 Å². The summed E-state index contributed by atoms with van der Waals surface area (Å²) in [4.78, 5) is 9.78. The fourth-order valence-electron chi connectivity index (χ4n) is 5.23. The van der Waals surface area contributed by atoms with Crippen LogP contribution in [0.4, 0.5) is 0 Å². The summed E-state index contributed by atoms with van der Waals surface area (Å²) >= 11 is 0. The molecule has 3 aliphatic heterocycles. The summed E-state index contributed by atoms with van der Waals surface area (Å²) in [6, 6.07) is 0. The lowest BCUT2D eigenvalue weighted by Gasteiger charge is -2.45. The van der Waals surface area contributed by atoms with E-state index in [4.69, 9.17) is 4.74 Å². The summed E-state index contributed by atoms with van der Waals surface area (Å²) in [5.74, 6) is 1.75. The lowest BCUT2D eigenvalue weighted by Crippen LogP contribution is -2.58. The van der Waals surface area contributed by atoms with Crippen molar-refractivity contribution in [3.8, 4) is 0 Å². The number of hydrogen-bond donors (Lipinski definition) is 1. The lowest BCUT2D eigenvalue weighted by atomic mass is 9.88. The van der Waals surface area contributed by atoms with E-state index in [0.717, 1.165) is 58.1 Å². The molecule has 7 nitrogen and oxygen atoms in total. The number of guanidine groups is 1. The maximum atomic E-state index is 5.69. The number of likely N-dealkylation sites (tertiary alicyclic amines) is 2. The van der Waals surface area contributed by atoms with Gasteiger partial charge in [0.25, 0.3) is 0 Å². The van der Waals surface area contributed by atoms with Crippen LogP contribution in [-0.4, -0.2) is 84.1 Å². The Morgan fingerprint density at radius 3 is 2.69 bits per heavy atom. The van der Waals surface area contributed by atoms with Gasteiger partial charge in [0.05, 0.1) is 6.20 Å². The average Bonchev–Trinajstić information content (AvgIpc) is 3.46. The summed E-state index contributed by atoms with van der Waals surface area (Å²) in [6.45, 7) is 7.38. The smallest absolute Gasteiger partial charge is 0.193 e. The predicted octanol–water partition coefficient (Wildman–Crippen LogP) is 2.12. The van der Waals surface area contributed by atoms with E-state index >= 15 is 0 Å². The highest BCUT2D eigenvalue weighted by Crippen LogP contribution is 2.31. The molecular formula is C21H37IN6O. The van der Waals surface area contributed by atoms with Gasteiger partial charge in [0.15, 0.2) is 5.96 Å². The van der Waals surface area contributed by atoms with Gasteiger partial charge in [-0.15, -0.1) is 24.0 Å². The molecule has 164 valence electrons. The van der Waals surface area contributed by atoms with Gasteiger partial charge in [-0.3, -0.25) is 14.6 Å². The maximum absolute atomic E-state index is 5.69. The second-order valence-corrected chi connectivity index (χ2v) is 8.76. The standard InChI is InChI=1S/C21H36N6O.HI/c1-22-20(26-10-5-18(16-26)13-19-14-24-25(2)15-19)23-17-21(6-11-28-12-7-21)27-8-3-4-9-27;/h14-15,18H,3-13,16-17H2,1-2H3,(H,22,23);1H. The van der Waals surface area contributed by atoms with Gasteiger partial charge in [0.1, 0.15) is 0 Å². The first-order chi connectivity index (χ1) is 13.7. The molecule has 0 radical (unpaired) electrons. The van der Waals surface area contributed by atoms with Gasteiger partial charge in [-0.05, 0) is 63.1 Å². The third-order valence-corrected chi connectivity index (χ3v) is 6.86. The Kier molecular flexibility index (Phi) is 8.21. The van der Waals surface area contributed by atoms with Gasteiger partial charge < -0.3 is 15.0 Å². The molecule has 1 aromatic heterocycles. The van der Waals surface area contributed by atoms with Gasteiger partial charge in [-0.25, -0.2) is 0 Å². The van der Waals surface area contributed by atoms with Crippen LogP contribution >= 0.6 is 24.0 Å². The summed E-state index contributed by atoms with van der Waals surface area (Å²) < 4.78 is 7.58. The van der Waals surface area contributed by atoms with Gasteiger partial charge in [-0.2, -0.15) is 5.10 Å². The summed E-state index contributed by atoms with van der Waals surface area (Å²) in [5.41, 5.74) is 1.58. The number of nitrogens with zero attached hydrogens (tertiary/aromatic N) is 5. The Bertz CT molecular complexity index is 666. The van der Waals surface area contributed by atoms with Crippen molar-refractivity contribution in [3.63, 3.8) is 0 Å². The van der Waals surface area contributed by atoms with E-state index in [-0.39, 0.29) is 29.5 Å². The van der Waals surface area contributed by atoms with E-state index in [2.05, 4.69) is 31.4 Å². The summed E-state index contributed by atoms with van der Waals surface area (Å²) in [5, 5.41) is 8.06. The highest BCUT2D eigenvalue weighted by molar-refractivity contribution is 14.0. The van der Waals surface area contributed by atoms with E-state index in [1.165, 1.54) is 37.9 Å². The second kappa shape index (κ2) is 10.4. The Morgan fingerprint density at radius 1 is 1.28 bits per heavy atom. The summed E-state index contributed by atoms with van der Waals surface area (Å²) in [7, 11) is 3.91. The van der Waals surface area contributed by atoms with E-state index in [9.17, 15) is 0 Å². The third kappa shape index (κ3) is 5.44. The number of ether oxygens (including phenoxy) is 1. The minimum atomic E-state index is 0.